The van der Waals surface area contributed by atoms with Gasteiger partial charge in [0.2, 0.25) is 5.82 Å². The van der Waals surface area contributed by atoms with Gasteiger partial charge in [-0.2, -0.15) is 4.39 Å². The van der Waals surface area contributed by atoms with E-state index in [4.69, 9.17) is 4.74 Å². The smallest absolute Gasteiger partial charge is 0.550 e. The number of carbonyl (C=O) groups is 1. The van der Waals surface area contributed by atoms with Crippen LogP contribution in [0.15, 0.2) is 4.79 Å². The Morgan fingerprint density at radius 3 is 2.68 bits per heavy atom. The molecule has 1 aliphatic heterocycles. The van der Waals surface area contributed by atoms with Crippen LogP contribution in [0.2, 0.25) is 0 Å². The molecule has 98 valence electrons. The van der Waals surface area contributed by atoms with Crippen LogP contribution < -0.4 is 45.1 Å². The van der Waals surface area contributed by atoms with Gasteiger partial charge in [-0.3, -0.25) is 4.79 Å². The van der Waals surface area contributed by atoms with E-state index >= 15 is 0 Å². The maximum Gasteiger partial charge on any atom is 1.00 e. The van der Waals surface area contributed by atoms with E-state index < -0.39 is 23.8 Å². The summed E-state index contributed by atoms with van der Waals surface area (Å²) in [5.41, 5.74) is -0.984. The zero-order valence-electron chi connectivity index (χ0n) is 10.4. The summed E-state index contributed by atoms with van der Waals surface area (Å²) in [5.74, 6) is -2.67. The third-order valence-corrected chi connectivity index (χ3v) is 2.52. The number of carbonyl (C=O) groups excluding carboxylic acids is 1. The molecule has 2 rings (SSSR count). The quantitative estimate of drug-likeness (QED) is 0.557. The molecule has 2 heterocycles. The van der Waals surface area contributed by atoms with Crippen LogP contribution in [-0.2, 0) is 16.0 Å². The van der Waals surface area contributed by atoms with Crippen molar-refractivity contribution in [2.24, 2.45) is 0 Å². The first-order valence-corrected chi connectivity index (χ1v) is 5.39. The van der Waals surface area contributed by atoms with Crippen molar-refractivity contribution in [3.05, 3.63) is 22.0 Å². The third kappa shape index (κ3) is 4.00. The minimum atomic E-state index is -1.39. The summed E-state index contributed by atoms with van der Waals surface area (Å²) < 4.78 is 18.8. The summed E-state index contributed by atoms with van der Waals surface area (Å²) in [6, 6.07) is 0. The monoisotopic (exact) mass is 279 g/mol. The second-order valence-corrected chi connectivity index (χ2v) is 3.80. The number of morpholine rings is 1. The average Bonchev–Trinajstić information content (AvgIpc) is 2.34. The molecule has 1 aromatic rings. The number of halogens is 1. The molecule has 0 spiro atoms. The van der Waals surface area contributed by atoms with Crippen molar-refractivity contribution in [3.8, 4) is 0 Å². The standard InChI is InChI=1S/C10H12FN3O4.Na/c11-8-9(14-1-3-18-4-2-14)12-6(5-7(15)16)13-10(8)17;/h1-5H2,(H,15,16)(H,12,13,17);/q;+1/p-1. The predicted octanol–water partition coefficient (Wildman–Crippen LogP) is -4.96. The molecule has 1 aliphatic rings. The number of aliphatic carboxylic acids is 1. The molecule has 0 radical (unpaired) electrons. The number of anilines is 1. The number of hydrogen-bond acceptors (Lipinski definition) is 6. The Morgan fingerprint density at radius 1 is 1.47 bits per heavy atom. The van der Waals surface area contributed by atoms with Crippen LogP contribution >= 0.6 is 0 Å². The first-order chi connectivity index (χ1) is 8.58. The molecule has 0 amide bonds. The van der Waals surface area contributed by atoms with Crippen LogP contribution in [0.1, 0.15) is 5.82 Å². The number of ether oxygens (including phenoxy) is 1. The molecule has 0 aliphatic carbocycles. The van der Waals surface area contributed by atoms with Gasteiger partial charge in [-0.05, 0) is 0 Å². The Labute approximate surface area is 130 Å². The van der Waals surface area contributed by atoms with E-state index in [9.17, 15) is 19.1 Å². The minimum Gasteiger partial charge on any atom is -0.550 e. The van der Waals surface area contributed by atoms with Gasteiger partial charge in [0, 0.05) is 25.5 Å². The fraction of sp³-hybridized carbons (Fsp3) is 0.500. The number of carboxylic acid groups (broad SMARTS) is 1. The van der Waals surface area contributed by atoms with E-state index in [0.717, 1.165) is 0 Å². The second-order valence-electron chi connectivity index (χ2n) is 3.80. The van der Waals surface area contributed by atoms with Crippen LogP contribution in [0.4, 0.5) is 10.2 Å². The number of H-pyrrole nitrogens is 1. The van der Waals surface area contributed by atoms with Gasteiger partial charge in [-0.25, -0.2) is 4.98 Å². The molecule has 7 nitrogen and oxygen atoms in total. The molecule has 1 N–H and O–H groups in total. The second kappa shape index (κ2) is 6.99. The summed E-state index contributed by atoms with van der Waals surface area (Å²) in [4.78, 5) is 29.2. The van der Waals surface area contributed by atoms with Gasteiger partial charge < -0.3 is 24.5 Å². The summed E-state index contributed by atoms with van der Waals surface area (Å²) in [6.45, 7) is 1.61. The first-order valence-electron chi connectivity index (χ1n) is 5.39. The van der Waals surface area contributed by atoms with E-state index in [1.807, 2.05) is 0 Å². The van der Waals surface area contributed by atoms with Gasteiger partial charge in [0.05, 0.1) is 13.2 Å². The molecular formula is C10H11FN3NaO4. The molecule has 0 unspecified atom stereocenters. The molecule has 0 saturated carbocycles. The fourth-order valence-corrected chi connectivity index (χ4v) is 1.70. The SMILES string of the molecule is O=C([O-])Cc1nc(N2CCOCC2)c(F)c(=O)[nH]1.[Na+]. The van der Waals surface area contributed by atoms with E-state index in [2.05, 4.69) is 9.97 Å². The molecular weight excluding hydrogens is 268 g/mol. The van der Waals surface area contributed by atoms with Crippen molar-refractivity contribution < 1.29 is 48.6 Å². The number of aromatic amines is 1. The third-order valence-electron chi connectivity index (χ3n) is 2.52. The Morgan fingerprint density at radius 2 is 2.11 bits per heavy atom. The van der Waals surface area contributed by atoms with E-state index in [1.54, 1.807) is 4.90 Å². The Bertz CT molecular complexity index is 516. The minimum absolute atomic E-state index is 0. The molecule has 1 aromatic heterocycles. The van der Waals surface area contributed by atoms with Crippen LogP contribution in [-0.4, -0.2) is 42.2 Å². The summed E-state index contributed by atoms with van der Waals surface area (Å²) in [6.07, 6.45) is -0.563. The van der Waals surface area contributed by atoms with Gasteiger partial charge >= 0.3 is 29.6 Å². The number of hydrogen-bond donors (Lipinski definition) is 1. The maximum atomic E-state index is 13.7. The predicted molar refractivity (Wildman–Crippen MR) is 56.6 cm³/mol. The van der Waals surface area contributed by atoms with Crippen molar-refractivity contribution in [2.45, 2.75) is 6.42 Å². The first kappa shape index (κ1) is 16.1. The van der Waals surface area contributed by atoms with Crippen LogP contribution in [0, 0.1) is 5.82 Å². The number of nitrogens with zero attached hydrogens (tertiary/aromatic N) is 2. The molecule has 9 heteroatoms. The molecule has 0 bridgehead atoms. The molecule has 1 saturated heterocycles. The van der Waals surface area contributed by atoms with Crippen LogP contribution in [0.3, 0.4) is 0 Å². The Hall–Kier alpha value is -0.960. The van der Waals surface area contributed by atoms with Crippen molar-refractivity contribution in [3.63, 3.8) is 0 Å². The number of nitrogens with one attached hydrogen (secondary N) is 1. The maximum absolute atomic E-state index is 13.7. The Kier molecular flexibility index (Phi) is 5.92. The van der Waals surface area contributed by atoms with Crippen molar-refractivity contribution in [1.29, 1.82) is 0 Å². The fourth-order valence-electron chi connectivity index (χ4n) is 1.70. The molecule has 1 fully saturated rings. The van der Waals surface area contributed by atoms with Crippen molar-refractivity contribution in [1.82, 2.24) is 9.97 Å². The van der Waals surface area contributed by atoms with Crippen LogP contribution in [0.25, 0.3) is 0 Å². The molecule has 0 atom stereocenters. The largest absolute Gasteiger partial charge is 1.00 e. The summed E-state index contributed by atoms with van der Waals surface area (Å²) in [7, 11) is 0. The molecule has 19 heavy (non-hydrogen) atoms. The van der Waals surface area contributed by atoms with Gasteiger partial charge in [0.1, 0.15) is 5.82 Å². The zero-order valence-corrected chi connectivity index (χ0v) is 12.4. The summed E-state index contributed by atoms with van der Waals surface area (Å²) >= 11 is 0. The Balaban J connectivity index is 0.00000180. The van der Waals surface area contributed by atoms with Gasteiger partial charge in [-0.15, -0.1) is 0 Å². The van der Waals surface area contributed by atoms with Gasteiger partial charge in [0.15, 0.2) is 5.82 Å². The van der Waals surface area contributed by atoms with Crippen molar-refractivity contribution >= 4 is 11.8 Å². The van der Waals surface area contributed by atoms with E-state index in [0.29, 0.717) is 26.3 Å². The van der Waals surface area contributed by atoms with Gasteiger partial charge in [-0.1, -0.05) is 0 Å². The summed E-state index contributed by atoms with van der Waals surface area (Å²) in [5, 5.41) is 10.5. The zero-order chi connectivity index (χ0) is 13.1. The van der Waals surface area contributed by atoms with Gasteiger partial charge in [0.25, 0.3) is 5.56 Å². The molecule has 0 aromatic carbocycles. The normalized spacial score (nSPS) is 14.9. The van der Waals surface area contributed by atoms with E-state index in [1.165, 1.54) is 0 Å². The van der Waals surface area contributed by atoms with E-state index in [-0.39, 0.29) is 41.2 Å². The number of rotatable bonds is 3. The number of carboxylic acids is 1. The van der Waals surface area contributed by atoms with Crippen LogP contribution in [0.5, 0.6) is 0 Å². The average molecular weight is 279 g/mol. The van der Waals surface area contributed by atoms with Crippen molar-refractivity contribution in [2.75, 3.05) is 31.2 Å². The number of aromatic nitrogens is 2. The topological polar surface area (TPSA) is 98.3 Å².